The zero-order chi connectivity index (χ0) is 33.3. The van der Waals surface area contributed by atoms with Crippen LogP contribution in [0.25, 0.3) is 0 Å². The average Bonchev–Trinajstić information content (AvgIpc) is 3.56. The van der Waals surface area contributed by atoms with E-state index in [4.69, 9.17) is 4.74 Å². The molecule has 17 heteroatoms. The van der Waals surface area contributed by atoms with E-state index in [1.807, 2.05) is 0 Å². The Hall–Kier alpha value is -5.13. The predicted octanol–water partition coefficient (Wildman–Crippen LogP) is 5.52. The molecule has 242 valence electrons. The Labute approximate surface area is 263 Å². The summed E-state index contributed by atoms with van der Waals surface area (Å²) in [6, 6.07) is 22.3. The largest absolute Gasteiger partial charge is 0.377 e. The van der Waals surface area contributed by atoms with E-state index in [0.29, 0.717) is 18.8 Å². The van der Waals surface area contributed by atoms with Crippen molar-refractivity contribution in [1.82, 2.24) is 0 Å². The van der Waals surface area contributed by atoms with Crippen LogP contribution in [0.4, 0.5) is 32.8 Å². The second-order valence-corrected chi connectivity index (χ2v) is 13.1. The number of nitro groups is 2. The van der Waals surface area contributed by atoms with Crippen LogP contribution in [0.3, 0.4) is 0 Å². The van der Waals surface area contributed by atoms with Crippen molar-refractivity contribution in [2.24, 2.45) is 0 Å². The molecule has 1 saturated heterocycles. The second-order valence-electron chi connectivity index (χ2n) is 9.77. The number of halogens is 1. The Bertz CT molecular complexity index is 1910. The molecule has 1 unspecified atom stereocenters. The lowest BCUT2D eigenvalue weighted by atomic mass is 10.2. The topological polar surface area (TPSA) is 200 Å². The van der Waals surface area contributed by atoms with Crippen LogP contribution in [0.5, 0.6) is 0 Å². The zero-order valence-corrected chi connectivity index (χ0v) is 25.5. The molecule has 0 saturated carbocycles. The highest BCUT2D eigenvalue weighted by molar-refractivity contribution is 7.93. The SMILES string of the molecule is O=[N+]([O-])c1cc(NS(=O)(=O)c2ccccc2)ccc1F.O=[N+]([O-])c1cc(NS(=O)(=O)c2ccccc2)ccc1NCC1CCCO1. The number of sulfonamides is 2. The molecule has 4 aromatic carbocycles. The van der Waals surface area contributed by atoms with Crippen molar-refractivity contribution in [2.75, 3.05) is 27.9 Å². The van der Waals surface area contributed by atoms with Gasteiger partial charge in [-0.3, -0.25) is 29.7 Å². The highest BCUT2D eigenvalue weighted by Gasteiger charge is 2.21. The number of hydrogen-bond donors (Lipinski definition) is 3. The summed E-state index contributed by atoms with van der Waals surface area (Å²) >= 11 is 0. The fourth-order valence-corrected chi connectivity index (χ4v) is 6.41. The van der Waals surface area contributed by atoms with Crippen molar-refractivity contribution in [3.8, 4) is 0 Å². The molecule has 0 aromatic heterocycles. The summed E-state index contributed by atoms with van der Waals surface area (Å²) in [5.74, 6) is -1.03. The lowest BCUT2D eigenvalue weighted by molar-refractivity contribution is -0.387. The molecule has 5 rings (SSSR count). The van der Waals surface area contributed by atoms with Gasteiger partial charge in [0.2, 0.25) is 5.82 Å². The van der Waals surface area contributed by atoms with Gasteiger partial charge in [-0.05, 0) is 61.4 Å². The molecule has 1 atom stereocenters. The van der Waals surface area contributed by atoms with Gasteiger partial charge >= 0.3 is 5.69 Å². The van der Waals surface area contributed by atoms with Crippen LogP contribution in [0.2, 0.25) is 0 Å². The molecule has 1 aliphatic heterocycles. The number of ether oxygens (including phenoxy) is 1. The molecule has 0 spiro atoms. The third-order valence-corrected chi connectivity index (χ3v) is 9.29. The van der Waals surface area contributed by atoms with Crippen molar-refractivity contribution in [1.29, 1.82) is 0 Å². The summed E-state index contributed by atoms with van der Waals surface area (Å²) in [6.07, 6.45) is 1.93. The summed E-state index contributed by atoms with van der Waals surface area (Å²) in [5.41, 5.74) is -0.618. The van der Waals surface area contributed by atoms with E-state index in [2.05, 4.69) is 14.8 Å². The van der Waals surface area contributed by atoms with Crippen molar-refractivity contribution in [2.45, 2.75) is 28.7 Å². The van der Waals surface area contributed by atoms with E-state index in [9.17, 15) is 41.5 Å². The molecule has 0 aliphatic carbocycles. The minimum Gasteiger partial charge on any atom is -0.377 e. The monoisotopic (exact) mass is 673 g/mol. The first-order valence-electron chi connectivity index (χ1n) is 13.6. The van der Waals surface area contributed by atoms with Crippen molar-refractivity contribution < 1.29 is 35.8 Å². The first-order chi connectivity index (χ1) is 21.9. The quantitative estimate of drug-likeness (QED) is 0.134. The van der Waals surface area contributed by atoms with Gasteiger partial charge in [0.1, 0.15) is 5.69 Å². The smallest absolute Gasteiger partial charge is 0.306 e. The number of nitrogens with one attached hydrogen (secondary N) is 3. The van der Waals surface area contributed by atoms with Crippen LogP contribution in [0.15, 0.2) is 107 Å². The van der Waals surface area contributed by atoms with Gasteiger partial charge in [0.25, 0.3) is 25.7 Å². The first-order valence-corrected chi connectivity index (χ1v) is 16.6. The fraction of sp³-hybridized carbons (Fsp3) is 0.172. The van der Waals surface area contributed by atoms with Crippen LogP contribution in [0.1, 0.15) is 12.8 Å². The molecule has 0 amide bonds. The Kier molecular flexibility index (Phi) is 10.8. The van der Waals surface area contributed by atoms with Crippen LogP contribution in [-0.2, 0) is 24.8 Å². The number of anilines is 3. The Morgan fingerprint density at radius 2 is 1.24 bits per heavy atom. The lowest BCUT2D eigenvalue weighted by Gasteiger charge is -2.13. The van der Waals surface area contributed by atoms with Gasteiger partial charge in [0.15, 0.2) is 0 Å². The Morgan fingerprint density at radius 3 is 1.72 bits per heavy atom. The van der Waals surface area contributed by atoms with Gasteiger partial charge < -0.3 is 10.1 Å². The van der Waals surface area contributed by atoms with Gasteiger partial charge in [-0.2, -0.15) is 4.39 Å². The maximum absolute atomic E-state index is 13.2. The molecular weight excluding hydrogens is 645 g/mol. The number of hydrogen-bond acceptors (Lipinski definition) is 10. The minimum absolute atomic E-state index is 0.00646. The van der Waals surface area contributed by atoms with Crippen LogP contribution < -0.4 is 14.8 Å². The van der Waals surface area contributed by atoms with Gasteiger partial charge in [-0.15, -0.1) is 0 Å². The number of rotatable bonds is 11. The Morgan fingerprint density at radius 1 is 0.739 bits per heavy atom. The summed E-state index contributed by atoms with van der Waals surface area (Å²) < 4.78 is 71.9. The van der Waals surface area contributed by atoms with E-state index >= 15 is 0 Å². The summed E-state index contributed by atoms with van der Waals surface area (Å²) in [4.78, 5) is 20.6. The van der Waals surface area contributed by atoms with Gasteiger partial charge in [-0.25, -0.2) is 16.8 Å². The maximum atomic E-state index is 13.2. The van der Waals surface area contributed by atoms with E-state index in [-0.39, 0.29) is 33.0 Å². The molecule has 3 N–H and O–H groups in total. The van der Waals surface area contributed by atoms with E-state index in [1.54, 1.807) is 36.4 Å². The molecule has 1 heterocycles. The number of nitrogens with zero attached hydrogens (tertiary/aromatic N) is 2. The van der Waals surface area contributed by atoms with Crippen LogP contribution >= 0.6 is 0 Å². The van der Waals surface area contributed by atoms with Gasteiger partial charge in [-0.1, -0.05) is 36.4 Å². The van der Waals surface area contributed by atoms with Crippen molar-refractivity contribution in [3.05, 3.63) is 123 Å². The molecule has 46 heavy (non-hydrogen) atoms. The normalized spacial score (nSPS) is 14.4. The summed E-state index contributed by atoms with van der Waals surface area (Å²) in [6.45, 7) is 1.17. The average molecular weight is 674 g/mol. The minimum atomic E-state index is -3.86. The summed E-state index contributed by atoms with van der Waals surface area (Å²) in [7, 11) is -7.67. The highest BCUT2D eigenvalue weighted by Crippen LogP contribution is 2.30. The van der Waals surface area contributed by atoms with Crippen LogP contribution in [-0.4, -0.2) is 45.9 Å². The Balaban J connectivity index is 0.000000216. The maximum Gasteiger partial charge on any atom is 0.306 e. The lowest BCUT2D eigenvalue weighted by Crippen LogP contribution is -2.19. The van der Waals surface area contributed by atoms with Gasteiger partial charge in [0, 0.05) is 25.3 Å². The predicted molar refractivity (Wildman–Crippen MR) is 168 cm³/mol. The van der Waals surface area contributed by atoms with E-state index in [0.717, 1.165) is 31.0 Å². The third kappa shape index (κ3) is 8.96. The highest BCUT2D eigenvalue weighted by atomic mass is 32.2. The van der Waals surface area contributed by atoms with Crippen molar-refractivity contribution >= 4 is 48.5 Å². The molecule has 1 aliphatic rings. The van der Waals surface area contributed by atoms with Gasteiger partial charge in [0.05, 0.1) is 37.1 Å². The second kappa shape index (κ2) is 14.8. The molecule has 0 radical (unpaired) electrons. The van der Waals surface area contributed by atoms with Crippen molar-refractivity contribution in [3.63, 3.8) is 0 Å². The standard InChI is InChI=1S/C17H19N3O5S.C12H9FN2O4S/c21-20(22)17-11-13(19-26(23,24)15-6-2-1-3-7-15)8-9-16(17)18-12-14-5-4-10-25-14;13-11-7-6-9(8-12(11)15(16)17)14-20(18,19)10-4-2-1-3-5-10/h1-3,6-9,11,14,18-19H,4-5,10,12H2;1-8,14H. The first kappa shape index (κ1) is 33.8. The molecule has 0 bridgehead atoms. The van der Waals surface area contributed by atoms with Crippen LogP contribution in [0, 0.1) is 26.0 Å². The molecular formula is C29H28FN5O9S2. The number of benzene rings is 4. The number of nitro benzene ring substituents is 2. The third-order valence-electron chi connectivity index (χ3n) is 6.49. The van der Waals surface area contributed by atoms with E-state index < -0.39 is 41.4 Å². The molecule has 4 aromatic rings. The van der Waals surface area contributed by atoms with E-state index in [1.165, 1.54) is 42.5 Å². The molecule has 14 nitrogen and oxygen atoms in total. The zero-order valence-electron chi connectivity index (χ0n) is 23.9. The molecule has 1 fully saturated rings. The summed E-state index contributed by atoms with van der Waals surface area (Å²) in [5, 5.41) is 25.0. The fourth-order valence-electron chi connectivity index (χ4n) is 4.27.